The number of aliphatic hydroxyl groups is 4. The minimum absolute atomic E-state index is 0.115. The van der Waals surface area contributed by atoms with E-state index in [1.807, 2.05) is 0 Å². The number of allylic oxidation sites excluding steroid dienone is 6. The zero-order chi connectivity index (χ0) is 46.4. The highest BCUT2D eigenvalue weighted by Crippen LogP contribution is 2.23. The van der Waals surface area contributed by atoms with Gasteiger partial charge in [-0.05, 0) is 51.4 Å². The van der Waals surface area contributed by atoms with E-state index >= 15 is 0 Å². The van der Waals surface area contributed by atoms with E-state index in [0.717, 1.165) is 57.8 Å². The molecule has 6 atom stereocenters. The van der Waals surface area contributed by atoms with Crippen LogP contribution in [-0.2, 0) is 23.7 Å². The van der Waals surface area contributed by atoms with Gasteiger partial charge in [-0.1, -0.05) is 224 Å². The van der Waals surface area contributed by atoms with E-state index in [9.17, 15) is 25.2 Å². The molecule has 1 fully saturated rings. The number of hydrogen-bond donors (Lipinski definition) is 4. The van der Waals surface area contributed by atoms with Crippen LogP contribution in [0.4, 0.5) is 0 Å². The van der Waals surface area contributed by atoms with Gasteiger partial charge in [-0.15, -0.1) is 0 Å². The molecule has 0 spiro atoms. The van der Waals surface area contributed by atoms with Crippen molar-refractivity contribution in [1.29, 1.82) is 0 Å². The lowest BCUT2D eigenvalue weighted by Gasteiger charge is -2.39. The number of esters is 1. The Balaban J connectivity index is 2.18. The number of unbranched alkanes of at least 4 members (excludes halogenated alkanes) is 30. The van der Waals surface area contributed by atoms with Gasteiger partial charge in [0.2, 0.25) is 0 Å². The van der Waals surface area contributed by atoms with E-state index < -0.39 is 43.4 Å². The van der Waals surface area contributed by atoms with Crippen LogP contribution in [0.15, 0.2) is 36.5 Å². The predicted molar refractivity (Wildman–Crippen MR) is 265 cm³/mol. The van der Waals surface area contributed by atoms with Crippen LogP contribution in [0.5, 0.6) is 0 Å². The minimum Gasteiger partial charge on any atom is -0.457 e. The van der Waals surface area contributed by atoms with Gasteiger partial charge in [0.05, 0.1) is 19.8 Å². The van der Waals surface area contributed by atoms with Gasteiger partial charge in [0, 0.05) is 13.0 Å². The summed E-state index contributed by atoms with van der Waals surface area (Å²) in [6.07, 6.45) is 50.4. The maximum absolute atomic E-state index is 12.9. The Morgan fingerprint density at radius 3 is 1.39 bits per heavy atom. The molecule has 4 N–H and O–H groups in total. The standard InChI is InChI=1S/C55H102O9/c1-3-5-7-9-11-13-15-17-19-21-23-25-26-28-30-32-34-36-38-40-42-44-51(57)63-49(48-62-55-54(60)53(59)52(58)50(46-56)64-55)47-61-45-43-41-39-37-35-33-31-29-27-24-22-20-18-16-14-12-10-8-6-4-2/h12,14,18,20,24,27,49-50,52-56,58-60H,3-11,13,15-17,19,21-23,25-26,28-48H2,1-2H3/b14-12-,20-18-,27-24-. The molecule has 6 unspecified atom stereocenters. The lowest BCUT2D eigenvalue weighted by atomic mass is 9.99. The van der Waals surface area contributed by atoms with Crippen LogP contribution in [0.3, 0.4) is 0 Å². The van der Waals surface area contributed by atoms with Crippen molar-refractivity contribution < 1.29 is 44.2 Å². The summed E-state index contributed by atoms with van der Waals surface area (Å²) in [4.78, 5) is 12.9. The third kappa shape index (κ3) is 36.5. The van der Waals surface area contributed by atoms with Crippen LogP contribution < -0.4 is 0 Å². The van der Waals surface area contributed by atoms with Gasteiger partial charge in [0.15, 0.2) is 6.29 Å². The van der Waals surface area contributed by atoms with Crippen LogP contribution in [0.2, 0.25) is 0 Å². The molecular formula is C55H102O9. The summed E-state index contributed by atoms with van der Waals surface area (Å²) in [5.41, 5.74) is 0. The average Bonchev–Trinajstić information content (AvgIpc) is 3.30. The molecule has 0 bridgehead atoms. The van der Waals surface area contributed by atoms with Gasteiger partial charge < -0.3 is 39.4 Å². The highest BCUT2D eigenvalue weighted by atomic mass is 16.7. The fourth-order valence-corrected chi connectivity index (χ4v) is 8.32. The summed E-state index contributed by atoms with van der Waals surface area (Å²) in [5, 5.41) is 40.3. The Labute approximate surface area is 393 Å². The van der Waals surface area contributed by atoms with Crippen molar-refractivity contribution in [2.24, 2.45) is 0 Å². The molecule has 64 heavy (non-hydrogen) atoms. The first-order chi connectivity index (χ1) is 31.4. The predicted octanol–water partition coefficient (Wildman–Crippen LogP) is 13.5. The molecule has 0 saturated carbocycles. The number of carbonyl (C=O) groups is 1. The van der Waals surface area contributed by atoms with Gasteiger partial charge in [0.25, 0.3) is 0 Å². The van der Waals surface area contributed by atoms with Gasteiger partial charge in [-0.3, -0.25) is 4.79 Å². The van der Waals surface area contributed by atoms with Crippen molar-refractivity contribution in [2.45, 2.75) is 282 Å². The molecule has 0 aromatic heterocycles. The topological polar surface area (TPSA) is 135 Å². The number of carbonyl (C=O) groups excluding carboxylic acids is 1. The first kappa shape index (κ1) is 60.4. The molecule has 1 aliphatic heterocycles. The van der Waals surface area contributed by atoms with Crippen molar-refractivity contribution in [3.8, 4) is 0 Å². The number of hydrogen-bond acceptors (Lipinski definition) is 9. The molecule has 9 nitrogen and oxygen atoms in total. The van der Waals surface area contributed by atoms with Gasteiger partial charge in [-0.25, -0.2) is 0 Å². The van der Waals surface area contributed by atoms with Crippen molar-refractivity contribution >= 4 is 5.97 Å². The van der Waals surface area contributed by atoms with E-state index in [1.54, 1.807) is 0 Å². The number of rotatable bonds is 47. The van der Waals surface area contributed by atoms with Crippen molar-refractivity contribution in [1.82, 2.24) is 0 Å². The smallest absolute Gasteiger partial charge is 0.306 e. The second kappa shape index (κ2) is 46.5. The molecule has 376 valence electrons. The SMILES string of the molecule is CCCCC/C=C\C/C=C\C/C=C\CCCCCCCCCOCC(COC1OC(CO)C(O)C(O)C1O)OC(=O)CCCCCCCCCCCCCCCCCCCCCCC. The molecule has 0 aromatic rings. The van der Waals surface area contributed by atoms with Crippen LogP contribution in [0.1, 0.15) is 245 Å². The zero-order valence-electron chi connectivity index (χ0n) is 41.5. The molecule has 1 heterocycles. The largest absolute Gasteiger partial charge is 0.457 e. The average molecular weight is 907 g/mol. The second-order valence-electron chi connectivity index (χ2n) is 18.7. The Morgan fingerprint density at radius 2 is 0.906 bits per heavy atom. The first-order valence-corrected chi connectivity index (χ1v) is 27.1. The molecule has 0 radical (unpaired) electrons. The van der Waals surface area contributed by atoms with Crippen molar-refractivity contribution in [3.63, 3.8) is 0 Å². The Morgan fingerprint density at radius 1 is 0.500 bits per heavy atom. The van der Waals surface area contributed by atoms with Crippen LogP contribution in [-0.4, -0.2) is 89.6 Å². The normalized spacial score (nSPS) is 19.8. The molecular weight excluding hydrogens is 805 g/mol. The van der Waals surface area contributed by atoms with Crippen LogP contribution in [0, 0.1) is 0 Å². The fourth-order valence-electron chi connectivity index (χ4n) is 8.32. The van der Waals surface area contributed by atoms with Crippen molar-refractivity contribution in [2.75, 3.05) is 26.4 Å². The highest BCUT2D eigenvalue weighted by molar-refractivity contribution is 5.69. The van der Waals surface area contributed by atoms with Crippen molar-refractivity contribution in [3.05, 3.63) is 36.5 Å². The summed E-state index contributed by atoms with van der Waals surface area (Å²) in [6, 6.07) is 0. The van der Waals surface area contributed by atoms with E-state index in [0.29, 0.717) is 13.0 Å². The first-order valence-electron chi connectivity index (χ1n) is 27.1. The Kier molecular flexibility index (Phi) is 43.9. The Bertz CT molecular complexity index is 1080. The third-order valence-corrected chi connectivity index (χ3v) is 12.6. The van der Waals surface area contributed by atoms with E-state index in [4.69, 9.17) is 18.9 Å². The van der Waals surface area contributed by atoms with Gasteiger partial charge in [-0.2, -0.15) is 0 Å². The van der Waals surface area contributed by atoms with Crippen LogP contribution in [0.25, 0.3) is 0 Å². The van der Waals surface area contributed by atoms with Gasteiger partial charge in [0.1, 0.15) is 30.5 Å². The zero-order valence-corrected chi connectivity index (χ0v) is 41.5. The van der Waals surface area contributed by atoms with E-state index in [1.165, 1.54) is 167 Å². The van der Waals surface area contributed by atoms with E-state index in [2.05, 4.69) is 50.3 Å². The molecule has 1 rings (SSSR count). The maximum atomic E-state index is 12.9. The summed E-state index contributed by atoms with van der Waals surface area (Å²) >= 11 is 0. The third-order valence-electron chi connectivity index (χ3n) is 12.6. The number of aliphatic hydroxyl groups excluding tert-OH is 4. The summed E-state index contributed by atoms with van der Waals surface area (Å²) < 4.78 is 22.9. The lowest BCUT2D eigenvalue weighted by molar-refractivity contribution is -0.305. The van der Waals surface area contributed by atoms with E-state index in [-0.39, 0.29) is 19.2 Å². The summed E-state index contributed by atoms with van der Waals surface area (Å²) in [5.74, 6) is -0.312. The summed E-state index contributed by atoms with van der Waals surface area (Å²) in [7, 11) is 0. The second-order valence-corrected chi connectivity index (χ2v) is 18.7. The molecule has 9 heteroatoms. The fraction of sp³-hybridized carbons (Fsp3) is 0.873. The molecule has 1 saturated heterocycles. The summed E-state index contributed by atoms with van der Waals surface area (Å²) in [6.45, 7) is 4.55. The number of ether oxygens (including phenoxy) is 4. The Hall–Kier alpha value is -1.59. The van der Waals surface area contributed by atoms with Gasteiger partial charge >= 0.3 is 5.97 Å². The maximum Gasteiger partial charge on any atom is 0.306 e. The monoisotopic (exact) mass is 907 g/mol. The lowest BCUT2D eigenvalue weighted by Crippen LogP contribution is -2.59. The molecule has 0 aromatic carbocycles. The minimum atomic E-state index is -1.54. The quantitative estimate of drug-likeness (QED) is 0.0267. The molecule has 1 aliphatic rings. The molecule has 0 amide bonds. The highest BCUT2D eigenvalue weighted by Gasteiger charge is 2.44. The molecule has 0 aliphatic carbocycles. The van der Waals surface area contributed by atoms with Crippen LogP contribution >= 0.6 is 0 Å².